The Balaban J connectivity index is 2.10. The Hall–Kier alpha value is -2.44. The number of hydrogen-bond donors (Lipinski definition) is 2. The Morgan fingerprint density at radius 1 is 1.41 bits per heavy atom. The molecule has 0 aliphatic heterocycles. The molecule has 116 valence electrons. The highest BCUT2D eigenvalue weighted by molar-refractivity contribution is 5.72. The Bertz CT molecular complexity index is 609. The molecule has 0 radical (unpaired) electrons. The van der Waals surface area contributed by atoms with Crippen molar-refractivity contribution >= 4 is 11.5 Å². The number of aliphatic carboxylic acids is 1. The second kappa shape index (κ2) is 8.11. The van der Waals surface area contributed by atoms with Gasteiger partial charge >= 0.3 is 5.97 Å². The standard InChI is InChI=1S/C16H19N3O3/c17-22-15(16(20)21)8-4-7-14(11-19-10-9-18-12-19)13-5-2-1-3-6-13/h1-3,5-7,9-10,12,15H,4,8,11,17H2,(H,20,21). The van der Waals surface area contributed by atoms with E-state index >= 15 is 0 Å². The summed E-state index contributed by atoms with van der Waals surface area (Å²) in [6, 6.07) is 9.95. The molecule has 0 aliphatic rings. The normalized spacial score (nSPS) is 13.0. The molecule has 22 heavy (non-hydrogen) atoms. The van der Waals surface area contributed by atoms with E-state index in [0.29, 0.717) is 19.4 Å². The van der Waals surface area contributed by atoms with Crippen LogP contribution in [-0.4, -0.2) is 26.7 Å². The monoisotopic (exact) mass is 301 g/mol. The quantitative estimate of drug-likeness (QED) is 0.729. The van der Waals surface area contributed by atoms with E-state index in [-0.39, 0.29) is 0 Å². The molecule has 0 fully saturated rings. The number of nitrogens with zero attached hydrogens (tertiary/aromatic N) is 2. The first kappa shape index (κ1) is 15.9. The lowest BCUT2D eigenvalue weighted by Crippen LogP contribution is -2.26. The average Bonchev–Trinajstić information content (AvgIpc) is 3.04. The molecule has 0 aliphatic carbocycles. The first-order valence-electron chi connectivity index (χ1n) is 6.99. The van der Waals surface area contributed by atoms with Crippen molar-refractivity contribution in [3.63, 3.8) is 0 Å². The highest BCUT2D eigenvalue weighted by atomic mass is 16.6. The maximum Gasteiger partial charge on any atom is 0.334 e. The van der Waals surface area contributed by atoms with Crippen LogP contribution in [0, 0.1) is 0 Å². The molecule has 0 amide bonds. The van der Waals surface area contributed by atoms with Crippen LogP contribution in [0.4, 0.5) is 0 Å². The molecule has 1 unspecified atom stereocenters. The van der Waals surface area contributed by atoms with Crippen molar-refractivity contribution in [2.24, 2.45) is 5.90 Å². The lowest BCUT2D eigenvalue weighted by Gasteiger charge is -2.11. The highest BCUT2D eigenvalue weighted by Gasteiger charge is 2.16. The summed E-state index contributed by atoms with van der Waals surface area (Å²) in [5.74, 6) is 3.95. The van der Waals surface area contributed by atoms with Gasteiger partial charge in [-0.1, -0.05) is 36.4 Å². The van der Waals surface area contributed by atoms with Gasteiger partial charge in [-0.05, 0) is 24.0 Å². The minimum Gasteiger partial charge on any atom is -0.479 e. The van der Waals surface area contributed by atoms with E-state index in [1.165, 1.54) is 0 Å². The Labute approximate surface area is 128 Å². The number of allylic oxidation sites excluding steroid dienone is 2. The molecule has 3 N–H and O–H groups in total. The number of benzene rings is 1. The summed E-state index contributed by atoms with van der Waals surface area (Å²) in [6.07, 6.45) is 7.29. The third-order valence-electron chi connectivity index (χ3n) is 3.32. The molecular formula is C16H19N3O3. The van der Waals surface area contributed by atoms with Gasteiger partial charge in [-0.25, -0.2) is 15.7 Å². The van der Waals surface area contributed by atoms with Gasteiger partial charge in [0.05, 0.1) is 6.33 Å². The summed E-state index contributed by atoms with van der Waals surface area (Å²) in [5.41, 5.74) is 2.19. The first-order valence-corrected chi connectivity index (χ1v) is 6.99. The van der Waals surface area contributed by atoms with Crippen molar-refractivity contribution < 1.29 is 14.7 Å². The zero-order valence-electron chi connectivity index (χ0n) is 12.1. The SMILES string of the molecule is NOC(CCC=C(Cn1ccnc1)c1ccccc1)C(=O)O. The fourth-order valence-electron chi connectivity index (χ4n) is 2.16. The largest absolute Gasteiger partial charge is 0.479 e. The van der Waals surface area contributed by atoms with Gasteiger partial charge in [0.25, 0.3) is 0 Å². The molecule has 0 spiro atoms. The zero-order valence-corrected chi connectivity index (χ0v) is 12.1. The predicted molar refractivity (Wildman–Crippen MR) is 82.6 cm³/mol. The molecule has 6 nitrogen and oxygen atoms in total. The van der Waals surface area contributed by atoms with Crippen molar-refractivity contribution in [3.05, 3.63) is 60.7 Å². The van der Waals surface area contributed by atoms with Crippen LogP contribution in [0.2, 0.25) is 0 Å². The molecule has 0 saturated carbocycles. The zero-order chi connectivity index (χ0) is 15.8. The Morgan fingerprint density at radius 3 is 2.77 bits per heavy atom. The average molecular weight is 301 g/mol. The van der Waals surface area contributed by atoms with Gasteiger partial charge in [-0.2, -0.15) is 0 Å². The number of hydrogen-bond acceptors (Lipinski definition) is 4. The fourth-order valence-corrected chi connectivity index (χ4v) is 2.16. The van der Waals surface area contributed by atoms with Crippen LogP contribution in [0.15, 0.2) is 55.1 Å². The molecule has 2 aromatic rings. The summed E-state index contributed by atoms with van der Waals surface area (Å²) in [4.78, 5) is 19.4. The van der Waals surface area contributed by atoms with Crippen LogP contribution in [0.3, 0.4) is 0 Å². The van der Waals surface area contributed by atoms with Gasteiger partial charge in [0.1, 0.15) is 0 Å². The van der Waals surface area contributed by atoms with E-state index in [2.05, 4.69) is 9.82 Å². The van der Waals surface area contributed by atoms with Gasteiger partial charge in [-0.3, -0.25) is 4.84 Å². The van der Waals surface area contributed by atoms with Gasteiger partial charge in [0.15, 0.2) is 6.10 Å². The lowest BCUT2D eigenvalue weighted by atomic mass is 10.0. The second-order valence-electron chi connectivity index (χ2n) is 4.87. The van der Waals surface area contributed by atoms with E-state index in [1.807, 2.05) is 47.2 Å². The first-order chi connectivity index (χ1) is 10.7. The summed E-state index contributed by atoms with van der Waals surface area (Å²) in [5, 5.41) is 8.92. The number of nitrogens with two attached hydrogens (primary N) is 1. The molecule has 6 heteroatoms. The fraction of sp³-hybridized carbons (Fsp3) is 0.250. The molecule has 2 rings (SSSR count). The van der Waals surface area contributed by atoms with E-state index in [0.717, 1.165) is 11.1 Å². The molecule has 1 aromatic carbocycles. The second-order valence-corrected chi connectivity index (χ2v) is 4.87. The smallest absolute Gasteiger partial charge is 0.334 e. The highest BCUT2D eigenvalue weighted by Crippen LogP contribution is 2.18. The summed E-state index contributed by atoms with van der Waals surface area (Å²) in [7, 11) is 0. The van der Waals surface area contributed by atoms with E-state index in [1.54, 1.807) is 12.5 Å². The van der Waals surface area contributed by atoms with Crippen LogP contribution < -0.4 is 5.90 Å². The maximum atomic E-state index is 10.9. The number of rotatable bonds is 8. The number of imidazole rings is 1. The number of carboxylic acids is 1. The molecular weight excluding hydrogens is 282 g/mol. The molecule has 0 bridgehead atoms. The van der Waals surface area contributed by atoms with E-state index in [9.17, 15) is 4.79 Å². The van der Waals surface area contributed by atoms with Gasteiger partial charge < -0.3 is 9.67 Å². The molecule has 0 saturated heterocycles. The molecule has 1 heterocycles. The number of aromatic nitrogens is 2. The number of carboxylic acid groups (broad SMARTS) is 1. The lowest BCUT2D eigenvalue weighted by molar-refractivity contribution is -0.151. The van der Waals surface area contributed by atoms with Crippen LogP contribution >= 0.6 is 0 Å². The van der Waals surface area contributed by atoms with Crippen LogP contribution in [0.5, 0.6) is 0 Å². The summed E-state index contributed by atoms with van der Waals surface area (Å²) in [6.45, 7) is 0.672. The van der Waals surface area contributed by atoms with Crippen molar-refractivity contribution in [2.75, 3.05) is 0 Å². The molecule has 1 atom stereocenters. The van der Waals surface area contributed by atoms with E-state index < -0.39 is 12.1 Å². The van der Waals surface area contributed by atoms with Gasteiger partial charge in [0, 0.05) is 18.9 Å². The Morgan fingerprint density at radius 2 is 2.18 bits per heavy atom. The topological polar surface area (TPSA) is 90.4 Å². The third kappa shape index (κ3) is 4.54. The number of carbonyl (C=O) groups is 1. The third-order valence-corrected chi connectivity index (χ3v) is 3.32. The summed E-state index contributed by atoms with van der Waals surface area (Å²) < 4.78 is 1.97. The van der Waals surface area contributed by atoms with Gasteiger partial charge in [0.2, 0.25) is 0 Å². The van der Waals surface area contributed by atoms with Crippen molar-refractivity contribution in [2.45, 2.75) is 25.5 Å². The maximum absolute atomic E-state index is 10.9. The minimum absolute atomic E-state index is 0.325. The summed E-state index contributed by atoms with van der Waals surface area (Å²) >= 11 is 0. The van der Waals surface area contributed by atoms with Crippen LogP contribution in [-0.2, 0) is 16.2 Å². The van der Waals surface area contributed by atoms with Crippen molar-refractivity contribution in [1.29, 1.82) is 0 Å². The molecule has 1 aromatic heterocycles. The van der Waals surface area contributed by atoms with E-state index in [4.69, 9.17) is 11.0 Å². The van der Waals surface area contributed by atoms with Crippen LogP contribution in [0.25, 0.3) is 5.57 Å². The predicted octanol–water partition coefficient (Wildman–Crippen LogP) is 2.09. The van der Waals surface area contributed by atoms with Gasteiger partial charge in [-0.15, -0.1) is 0 Å². The van der Waals surface area contributed by atoms with Crippen molar-refractivity contribution in [1.82, 2.24) is 9.55 Å². The van der Waals surface area contributed by atoms with Crippen LogP contribution in [0.1, 0.15) is 18.4 Å². The minimum atomic E-state index is -1.05. The van der Waals surface area contributed by atoms with Crippen molar-refractivity contribution in [3.8, 4) is 0 Å². The Kier molecular flexibility index (Phi) is 5.88.